The Balaban J connectivity index is 1.28. The molecule has 3 nitrogen and oxygen atoms in total. The van der Waals surface area contributed by atoms with Crippen molar-refractivity contribution in [1.29, 1.82) is 0 Å². The zero-order valence-electron chi connectivity index (χ0n) is 19.2. The van der Waals surface area contributed by atoms with Crippen molar-refractivity contribution < 1.29 is 14.3 Å². The maximum absolute atomic E-state index is 12.2. The molecule has 0 bridgehead atoms. The van der Waals surface area contributed by atoms with Crippen LogP contribution in [0, 0.1) is 23.7 Å². The number of carbonyl (C=O) groups excluding carboxylic acids is 1. The third kappa shape index (κ3) is 7.47. The number of unbranched alkanes of at least 4 members (excludes halogenated alkanes) is 1. The van der Waals surface area contributed by atoms with Crippen molar-refractivity contribution in [2.45, 2.75) is 135 Å². The van der Waals surface area contributed by atoms with Gasteiger partial charge in [-0.2, -0.15) is 0 Å². The van der Waals surface area contributed by atoms with E-state index >= 15 is 0 Å². The minimum Gasteiger partial charge on any atom is -0.431 e. The Hall–Kier alpha value is -0.730. The van der Waals surface area contributed by atoms with Crippen molar-refractivity contribution in [2.24, 2.45) is 23.7 Å². The SMILES string of the molecule is CCCC[C@H]1CC[C@H]([C@H]2CC[C@H](OC(=O)OC3CCC(CCC)CC3)CC2)CC1. The van der Waals surface area contributed by atoms with Crippen LogP contribution in [-0.2, 0) is 9.47 Å². The molecule has 3 heteroatoms. The molecular weight excluding hydrogens is 360 g/mol. The Morgan fingerprint density at radius 3 is 1.59 bits per heavy atom. The fourth-order valence-corrected chi connectivity index (χ4v) is 6.37. The molecule has 3 aliphatic carbocycles. The van der Waals surface area contributed by atoms with Crippen molar-refractivity contribution in [3.8, 4) is 0 Å². The lowest BCUT2D eigenvalue weighted by atomic mass is 9.70. The second kappa shape index (κ2) is 12.2. The first-order valence-corrected chi connectivity index (χ1v) is 13.0. The largest absolute Gasteiger partial charge is 0.508 e. The Kier molecular flexibility index (Phi) is 9.66. The van der Waals surface area contributed by atoms with Gasteiger partial charge in [0.05, 0.1) is 0 Å². The molecule has 3 rings (SSSR count). The highest BCUT2D eigenvalue weighted by Gasteiger charge is 2.32. The van der Waals surface area contributed by atoms with E-state index in [2.05, 4.69) is 13.8 Å². The van der Waals surface area contributed by atoms with Gasteiger partial charge < -0.3 is 9.47 Å². The predicted octanol–water partition coefficient (Wildman–Crippen LogP) is 8.05. The summed E-state index contributed by atoms with van der Waals surface area (Å²) in [6, 6.07) is 0. The molecule has 0 amide bonds. The van der Waals surface area contributed by atoms with Gasteiger partial charge in [-0.3, -0.25) is 0 Å². The Bertz CT molecular complexity index is 453. The second-order valence-electron chi connectivity index (χ2n) is 10.4. The quantitative estimate of drug-likeness (QED) is 0.382. The molecule has 3 aliphatic rings. The molecule has 0 atom stereocenters. The molecule has 0 aromatic carbocycles. The zero-order valence-corrected chi connectivity index (χ0v) is 19.2. The third-order valence-electron chi connectivity index (χ3n) is 8.26. The summed E-state index contributed by atoms with van der Waals surface area (Å²) in [5.74, 6) is 3.64. The van der Waals surface area contributed by atoms with Crippen LogP contribution in [0.1, 0.15) is 123 Å². The molecule has 0 aromatic rings. The van der Waals surface area contributed by atoms with E-state index in [4.69, 9.17) is 9.47 Å². The van der Waals surface area contributed by atoms with Gasteiger partial charge in [0, 0.05) is 0 Å². The van der Waals surface area contributed by atoms with Crippen molar-refractivity contribution >= 4 is 6.16 Å². The molecule has 0 spiro atoms. The Labute approximate surface area is 179 Å². The van der Waals surface area contributed by atoms with Crippen LogP contribution in [-0.4, -0.2) is 18.4 Å². The minimum absolute atomic E-state index is 0.0924. The van der Waals surface area contributed by atoms with Crippen molar-refractivity contribution in [1.82, 2.24) is 0 Å². The Morgan fingerprint density at radius 2 is 1.07 bits per heavy atom. The van der Waals surface area contributed by atoms with Crippen LogP contribution in [0.25, 0.3) is 0 Å². The van der Waals surface area contributed by atoms with Crippen LogP contribution >= 0.6 is 0 Å². The lowest BCUT2D eigenvalue weighted by molar-refractivity contribution is -0.0293. The van der Waals surface area contributed by atoms with Crippen LogP contribution < -0.4 is 0 Å². The summed E-state index contributed by atoms with van der Waals surface area (Å²) >= 11 is 0. The molecule has 168 valence electrons. The van der Waals surface area contributed by atoms with Crippen LogP contribution in [0.4, 0.5) is 4.79 Å². The number of hydrogen-bond donors (Lipinski definition) is 0. The van der Waals surface area contributed by atoms with E-state index in [1.807, 2.05) is 0 Å². The van der Waals surface area contributed by atoms with Gasteiger partial charge in [0.2, 0.25) is 0 Å². The normalized spacial score (nSPS) is 35.8. The average molecular weight is 407 g/mol. The van der Waals surface area contributed by atoms with Gasteiger partial charge in [0.25, 0.3) is 0 Å². The van der Waals surface area contributed by atoms with Gasteiger partial charge in [0.15, 0.2) is 0 Å². The van der Waals surface area contributed by atoms with Crippen molar-refractivity contribution in [2.75, 3.05) is 0 Å². The fourth-order valence-electron chi connectivity index (χ4n) is 6.37. The third-order valence-corrected chi connectivity index (χ3v) is 8.26. The number of rotatable bonds is 8. The van der Waals surface area contributed by atoms with Crippen molar-refractivity contribution in [3.63, 3.8) is 0 Å². The molecule has 29 heavy (non-hydrogen) atoms. The fraction of sp³-hybridized carbons (Fsp3) is 0.962. The molecule has 0 N–H and O–H groups in total. The summed E-state index contributed by atoms with van der Waals surface area (Å²) in [4.78, 5) is 12.2. The molecule has 0 radical (unpaired) electrons. The predicted molar refractivity (Wildman–Crippen MR) is 119 cm³/mol. The molecule has 3 fully saturated rings. The van der Waals surface area contributed by atoms with Gasteiger partial charge in [-0.25, -0.2) is 4.79 Å². The maximum atomic E-state index is 12.2. The van der Waals surface area contributed by atoms with Gasteiger partial charge in [0.1, 0.15) is 12.2 Å². The van der Waals surface area contributed by atoms with E-state index < -0.39 is 6.16 Å². The van der Waals surface area contributed by atoms with Crippen LogP contribution in [0.3, 0.4) is 0 Å². The smallest absolute Gasteiger partial charge is 0.431 e. The lowest BCUT2D eigenvalue weighted by Gasteiger charge is -2.37. The minimum atomic E-state index is -0.399. The molecule has 0 aromatic heterocycles. The van der Waals surface area contributed by atoms with E-state index in [1.165, 1.54) is 83.5 Å². The summed E-state index contributed by atoms with van der Waals surface area (Å²) in [6.45, 7) is 4.56. The lowest BCUT2D eigenvalue weighted by Crippen LogP contribution is -2.31. The first kappa shape index (κ1) is 22.9. The van der Waals surface area contributed by atoms with E-state index in [9.17, 15) is 4.79 Å². The van der Waals surface area contributed by atoms with E-state index in [0.717, 1.165) is 49.4 Å². The first-order valence-electron chi connectivity index (χ1n) is 13.0. The topological polar surface area (TPSA) is 35.5 Å². The monoisotopic (exact) mass is 406 g/mol. The first-order chi connectivity index (χ1) is 14.2. The van der Waals surface area contributed by atoms with Gasteiger partial charge in [-0.15, -0.1) is 0 Å². The highest BCUT2D eigenvalue weighted by Crippen LogP contribution is 2.41. The summed E-state index contributed by atoms with van der Waals surface area (Å²) < 4.78 is 11.4. The molecule has 0 saturated heterocycles. The molecule has 0 unspecified atom stereocenters. The zero-order chi connectivity index (χ0) is 20.5. The van der Waals surface area contributed by atoms with E-state index in [-0.39, 0.29) is 12.2 Å². The average Bonchev–Trinajstić information content (AvgIpc) is 2.75. The van der Waals surface area contributed by atoms with E-state index in [0.29, 0.717) is 0 Å². The molecule has 3 saturated carbocycles. The molecule has 0 aliphatic heterocycles. The standard InChI is InChI=1S/C26H46O3/c1-3-5-7-21-8-12-22(13-9-21)23-14-18-25(19-15-23)29-26(27)28-24-16-10-20(6-4-2)11-17-24/h20-25H,3-19H2,1-2H3/t20?,21-,22-,23-,24?,25-. The van der Waals surface area contributed by atoms with Gasteiger partial charge in [-0.1, -0.05) is 58.8 Å². The van der Waals surface area contributed by atoms with E-state index in [1.54, 1.807) is 0 Å². The van der Waals surface area contributed by atoms with Crippen molar-refractivity contribution in [3.05, 3.63) is 0 Å². The maximum Gasteiger partial charge on any atom is 0.508 e. The summed E-state index contributed by atoms with van der Waals surface area (Å²) in [7, 11) is 0. The molecule has 0 heterocycles. The summed E-state index contributed by atoms with van der Waals surface area (Å²) in [5.41, 5.74) is 0. The van der Waals surface area contributed by atoms with Crippen LogP contribution in [0.15, 0.2) is 0 Å². The van der Waals surface area contributed by atoms with Crippen LogP contribution in [0.2, 0.25) is 0 Å². The number of hydrogen-bond acceptors (Lipinski definition) is 3. The Morgan fingerprint density at radius 1 is 0.621 bits per heavy atom. The van der Waals surface area contributed by atoms with Gasteiger partial charge >= 0.3 is 6.16 Å². The summed E-state index contributed by atoms with van der Waals surface area (Å²) in [5, 5.41) is 0. The highest BCUT2D eigenvalue weighted by atomic mass is 16.7. The van der Waals surface area contributed by atoms with Gasteiger partial charge in [-0.05, 0) is 87.9 Å². The number of carbonyl (C=O) groups is 1. The highest BCUT2D eigenvalue weighted by molar-refractivity contribution is 5.60. The summed E-state index contributed by atoms with van der Waals surface area (Å²) in [6.07, 6.45) is 21.4. The second-order valence-corrected chi connectivity index (χ2v) is 10.4. The molecular formula is C26H46O3. The number of ether oxygens (including phenoxy) is 2. The van der Waals surface area contributed by atoms with Crippen LogP contribution in [0.5, 0.6) is 0 Å².